The highest BCUT2D eigenvalue weighted by Crippen LogP contribution is 2.29. The standard InChI is InChI=1S/C18H25N3O3.HI/c1-13(16-12-15(22-3)7-8-17(16)23-4)21-18(19-2)20-10-9-14-6-5-11-24-14;/h5-8,11-13H,9-10H2,1-4H3,(H2,19,20,21);1H. The molecule has 0 bridgehead atoms. The van der Waals surface area contributed by atoms with Crippen LogP contribution in [0.4, 0.5) is 0 Å². The van der Waals surface area contributed by atoms with Crippen LogP contribution in [-0.2, 0) is 6.42 Å². The van der Waals surface area contributed by atoms with Gasteiger partial charge in [-0.2, -0.15) is 0 Å². The molecule has 2 rings (SSSR count). The lowest BCUT2D eigenvalue weighted by atomic mass is 10.1. The number of nitrogens with zero attached hydrogens (tertiary/aromatic N) is 1. The summed E-state index contributed by atoms with van der Waals surface area (Å²) >= 11 is 0. The van der Waals surface area contributed by atoms with Crippen LogP contribution in [0.25, 0.3) is 0 Å². The second-order valence-corrected chi connectivity index (χ2v) is 5.30. The summed E-state index contributed by atoms with van der Waals surface area (Å²) in [6.45, 7) is 2.78. The molecule has 0 amide bonds. The normalized spacial score (nSPS) is 12.1. The molecule has 0 radical (unpaired) electrons. The van der Waals surface area contributed by atoms with E-state index < -0.39 is 0 Å². The molecular weight excluding hydrogens is 433 g/mol. The van der Waals surface area contributed by atoms with Gasteiger partial charge in [-0.05, 0) is 37.3 Å². The molecule has 1 atom stereocenters. The Balaban J connectivity index is 0.00000312. The van der Waals surface area contributed by atoms with Gasteiger partial charge in [0.25, 0.3) is 0 Å². The molecule has 0 aliphatic carbocycles. The van der Waals surface area contributed by atoms with E-state index in [0.717, 1.165) is 41.7 Å². The topological polar surface area (TPSA) is 68.0 Å². The zero-order valence-electron chi connectivity index (χ0n) is 15.0. The van der Waals surface area contributed by atoms with E-state index in [1.54, 1.807) is 27.5 Å². The summed E-state index contributed by atoms with van der Waals surface area (Å²) in [4.78, 5) is 4.26. The van der Waals surface area contributed by atoms with Crippen molar-refractivity contribution in [3.05, 3.63) is 47.9 Å². The van der Waals surface area contributed by atoms with E-state index in [0.29, 0.717) is 0 Å². The minimum atomic E-state index is 0. The smallest absolute Gasteiger partial charge is 0.191 e. The monoisotopic (exact) mass is 459 g/mol. The van der Waals surface area contributed by atoms with E-state index in [-0.39, 0.29) is 30.0 Å². The Hall–Kier alpha value is -1.90. The highest BCUT2D eigenvalue weighted by molar-refractivity contribution is 14.0. The first-order chi connectivity index (χ1) is 11.7. The summed E-state index contributed by atoms with van der Waals surface area (Å²) in [5.41, 5.74) is 1.01. The van der Waals surface area contributed by atoms with Crippen molar-refractivity contribution in [3.8, 4) is 11.5 Å². The van der Waals surface area contributed by atoms with Gasteiger partial charge in [0.1, 0.15) is 17.3 Å². The predicted octanol–water partition coefficient (Wildman–Crippen LogP) is 3.38. The third-order valence-electron chi connectivity index (χ3n) is 3.72. The number of hydrogen-bond acceptors (Lipinski definition) is 4. The quantitative estimate of drug-likeness (QED) is 0.378. The van der Waals surface area contributed by atoms with E-state index in [1.165, 1.54) is 0 Å². The number of hydrogen-bond donors (Lipinski definition) is 2. The fraction of sp³-hybridized carbons (Fsp3) is 0.389. The van der Waals surface area contributed by atoms with Gasteiger partial charge >= 0.3 is 0 Å². The molecule has 0 spiro atoms. The Kier molecular flexibility index (Phi) is 9.18. The van der Waals surface area contributed by atoms with Crippen molar-refractivity contribution >= 4 is 29.9 Å². The first-order valence-corrected chi connectivity index (χ1v) is 7.89. The zero-order chi connectivity index (χ0) is 17.4. The van der Waals surface area contributed by atoms with E-state index >= 15 is 0 Å². The Morgan fingerprint density at radius 1 is 1.24 bits per heavy atom. The fourth-order valence-electron chi connectivity index (χ4n) is 2.41. The molecule has 1 unspecified atom stereocenters. The molecule has 0 aliphatic rings. The van der Waals surface area contributed by atoms with Crippen LogP contribution in [0.1, 0.15) is 24.3 Å². The van der Waals surface area contributed by atoms with E-state index in [2.05, 4.69) is 22.5 Å². The van der Waals surface area contributed by atoms with Gasteiger partial charge in [-0.15, -0.1) is 24.0 Å². The van der Waals surface area contributed by atoms with E-state index in [1.807, 2.05) is 30.3 Å². The van der Waals surface area contributed by atoms with Crippen molar-refractivity contribution in [1.29, 1.82) is 0 Å². The van der Waals surface area contributed by atoms with Gasteiger partial charge in [0.05, 0.1) is 26.5 Å². The fourth-order valence-corrected chi connectivity index (χ4v) is 2.41. The number of guanidine groups is 1. The Morgan fingerprint density at radius 3 is 2.64 bits per heavy atom. The molecule has 0 saturated heterocycles. The van der Waals surface area contributed by atoms with Crippen LogP contribution in [0, 0.1) is 0 Å². The molecular formula is C18H26IN3O3. The predicted molar refractivity (Wildman–Crippen MR) is 110 cm³/mol. The van der Waals surface area contributed by atoms with Gasteiger partial charge in [-0.25, -0.2) is 0 Å². The second-order valence-electron chi connectivity index (χ2n) is 5.30. The van der Waals surface area contributed by atoms with Crippen LogP contribution in [0.5, 0.6) is 11.5 Å². The van der Waals surface area contributed by atoms with Crippen LogP contribution in [-0.4, -0.2) is 33.8 Å². The average molecular weight is 459 g/mol. The Labute approximate surface area is 166 Å². The lowest BCUT2D eigenvalue weighted by Crippen LogP contribution is -2.39. The molecule has 7 heteroatoms. The van der Waals surface area contributed by atoms with Gasteiger partial charge in [-0.1, -0.05) is 0 Å². The summed E-state index contributed by atoms with van der Waals surface area (Å²) in [6, 6.07) is 9.60. The SMILES string of the molecule is CN=C(NCCc1ccco1)NC(C)c1cc(OC)ccc1OC.I. The van der Waals surface area contributed by atoms with Crippen LogP contribution < -0.4 is 20.1 Å². The van der Waals surface area contributed by atoms with Gasteiger partial charge in [-0.3, -0.25) is 4.99 Å². The Morgan fingerprint density at radius 2 is 2.04 bits per heavy atom. The number of rotatable bonds is 7. The van der Waals surface area contributed by atoms with Crippen molar-refractivity contribution in [2.75, 3.05) is 27.8 Å². The van der Waals surface area contributed by atoms with Crippen molar-refractivity contribution in [2.24, 2.45) is 4.99 Å². The minimum Gasteiger partial charge on any atom is -0.497 e. The number of furan rings is 1. The number of nitrogens with one attached hydrogen (secondary N) is 2. The third kappa shape index (κ3) is 6.15. The number of ether oxygens (including phenoxy) is 2. The van der Waals surface area contributed by atoms with Crippen LogP contribution >= 0.6 is 24.0 Å². The van der Waals surface area contributed by atoms with Gasteiger partial charge in [0, 0.05) is 25.6 Å². The van der Waals surface area contributed by atoms with Crippen LogP contribution in [0.15, 0.2) is 46.0 Å². The summed E-state index contributed by atoms with van der Waals surface area (Å²) in [6.07, 6.45) is 2.48. The van der Waals surface area contributed by atoms with Gasteiger partial charge < -0.3 is 24.5 Å². The highest BCUT2D eigenvalue weighted by atomic mass is 127. The molecule has 0 saturated carbocycles. The molecule has 1 aromatic carbocycles. The van der Waals surface area contributed by atoms with Gasteiger partial charge in [0.15, 0.2) is 5.96 Å². The largest absolute Gasteiger partial charge is 0.497 e. The maximum Gasteiger partial charge on any atom is 0.191 e. The second kappa shape index (κ2) is 10.9. The lowest BCUT2D eigenvalue weighted by Gasteiger charge is -2.20. The summed E-state index contributed by atoms with van der Waals surface area (Å²) in [5, 5.41) is 6.64. The number of benzene rings is 1. The van der Waals surface area contributed by atoms with Crippen molar-refractivity contribution in [2.45, 2.75) is 19.4 Å². The first kappa shape index (κ1) is 21.1. The van der Waals surface area contributed by atoms with Crippen molar-refractivity contribution in [1.82, 2.24) is 10.6 Å². The van der Waals surface area contributed by atoms with Crippen molar-refractivity contribution in [3.63, 3.8) is 0 Å². The van der Waals surface area contributed by atoms with Crippen LogP contribution in [0.3, 0.4) is 0 Å². The average Bonchev–Trinajstić information content (AvgIpc) is 3.13. The lowest BCUT2D eigenvalue weighted by molar-refractivity contribution is 0.394. The summed E-state index contributed by atoms with van der Waals surface area (Å²) < 4.78 is 16.1. The summed E-state index contributed by atoms with van der Waals surface area (Å²) in [7, 11) is 5.06. The number of halogens is 1. The molecule has 2 N–H and O–H groups in total. The molecule has 138 valence electrons. The van der Waals surface area contributed by atoms with Gasteiger partial charge in [0.2, 0.25) is 0 Å². The molecule has 6 nitrogen and oxygen atoms in total. The van der Waals surface area contributed by atoms with Crippen molar-refractivity contribution < 1.29 is 13.9 Å². The molecule has 2 aromatic rings. The molecule has 0 aliphatic heterocycles. The number of aliphatic imine (C=N–C) groups is 1. The summed E-state index contributed by atoms with van der Waals surface area (Å²) in [5.74, 6) is 3.27. The maximum absolute atomic E-state index is 5.44. The first-order valence-electron chi connectivity index (χ1n) is 7.89. The van der Waals surface area contributed by atoms with Crippen LogP contribution in [0.2, 0.25) is 0 Å². The third-order valence-corrected chi connectivity index (χ3v) is 3.72. The molecule has 25 heavy (non-hydrogen) atoms. The molecule has 1 heterocycles. The number of methoxy groups -OCH3 is 2. The molecule has 1 aromatic heterocycles. The highest BCUT2D eigenvalue weighted by Gasteiger charge is 2.14. The van der Waals surface area contributed by atoms with E-state index in [4.69, 9.17) is 13.9 Å². The zero-order valence-corrected chi connectivity index (χ0v) is 17.4. The Bertz CT molecular complexity index is 660. The maximum atomic E-state index is 5.44. The van der Waals surface area contributed by atoms with E-state index in [9.17, 15) is 0 Å². The molecule has 0 fully saturated rings. The minimum absolute atomic E-state index is 0.